The van der Waals surface area contributed by atoms with Crippen LogP contribution in [0.4, 0.5) is 0 Å². The number of hydrogen-bond acceptors (Lipinski definition) is 3. The van der Waals surface area contributed by atoms with Gasteiger partial charge in [-0.3, -0.25) is 0 Å². The SMILES string of the molecule is C1=C2OCN=C2c2sccc21. The maximum atomic E-state index is 5.28. The van der Waals surface area contributed by atoms with Crippen molar-refractivity contribution in [2.75, 3.05) is 6.73 Å². The van der Waals surface area contributed by atoms with E-state index in [0.29, 0.717) is 6.73 Å². The van der Waals surface area contributed by atoms with Crippen LogP contribution in [0.2, 0.25) is 0 Å². The molecule has 0 spiro atoms. The van der Waals surface area contributed by atoms with Crippen molar-refractivity contribution < 1.29 is 4.74 Å². The first-order valence-electron chi connectivity index (χ1n) is 3.42. The van der Waals surface area contributed by atoms with Crippen molar-refractivity contribution in [1.82, 2.24) is 0 Å². The molecule has 2 aliphatic rings. The normalized spacial score (nSPS) is 18.5. The third-order valence-electron chi connectivity index (χ3n) is 1.87. The molecule has 11 heavy (non-hydrogen) atoms. The average Bonchev–Trinajstić information content (AvgIpc) is 2.52. The second-order valence-electron chi connectivity index (χ2n) is 2.49. The minimum atomic E-state index is 0.499. The molecule has 0 amide bonds. The van der Waals surface area contributed by atoms with Crippen molar-refractivity contribution >= 4 is 23.1 Å². The molecule has 0 bridgehead atoms. The van der Waals surface area contributed by atoms with E-state index in [4.69, 9.17) is 4.74 Å². The number of ether oxygens (including phenoxy) is 1. The van der Waals surface area contributed by atoms with Crippen LogP contribution >= 0.6 is 11.3 Å². The van der Waals surface area contributed by atoms with Gasteiger partial charge in [-0.1, -0.05) is 0 Å². The zero-order chi connectivity index (χ0) is 7.26. The molecule has 54 valence electrons. The van der Waals surface area contributed by atoms with Crippen LogP contribution in [0.15, 0.2) is 22.2 Å². The molecular formula is C8H5NOS. The summed E-state index contributed by atoms with van der Waals surface area (Å²) in [5, 5.41) is 2.08. The van der Waals surface area contributed by atoms with E-state index in [2.05, 4.69) is 22.5 Å². The van der Waals surface area contributed by atoms with Crippen LogP contribution in [-0.2, 0) is 4.74 Å². The minimum Gasteiger partial charge on any atom is -0.469 e. The Kier molecular flexibility index (Phi) is 0.876. The lowest BCUT2D eigenvalue weighted by Gasteiger charge is -1.90. The maximum Gasteiger partial charge on any atom is 0.180 e. The Morgan fingerprint density at radius 3 is 3.55 bits per heavy atom. The van der Waals surface area contributed by atoms with E-state index in [9.17, 15) is 0 Å². The van der Waals surface area contributed by atoms with E-state index in [1.54, 1.807) is 11.3 Å². The van der Waals surface area contributed by atoms with Crippen LogP contribution in [0.1, 0.15) is 10.4 Å². The molecule has 0 unspecified atom stereocenters. The first kappa shape index (κ1) is 5.55. The van der Waals surface area contributed by atoms with Crippen LogP contribution in [0, 0.1) is 0 Å². The fourth-order valence-electron chi connectivity index (χ4n) is 1.37. The van der Waals surface area contributed by atoms with E-state index in [0.717, 1.165) is 11.5 Å². The topological polar surface area (TPSA) is 21.6 Å². The number of hydrogen-bond donors (Lipinski definition) is 0. The Balaban J connectivity index is 2.32. The number of rotatable bonds is 0. The Morgan fingerprint density at radius 2 is 2.55 bits per heavy atom. The van der Waals surface area contributed by atoms with Gasteiger partial charge in [0.15, 0.2) is 6.73 Å². The Morgan fingerprint density at radius 1 is 1.55 bits per heavy atom. The van der Waals surface area contributed by atoms with E-state index in [-0.39, 0.29) is 0 Å². The van der Waals surface area contributed by atoms with Gasteiger partial charge in [0.25, 0.3) is 0 Å². The quantitative estimate of drug-likeness (QED) is 0.572. The third-order valence-corrected chi connectivity index (χ3v) is 2.81. The fraction of sp³-hybridized carbons (Fsp3) is 0.125. The molecular weight excluding hydrogens is 158 g/mol. The number of thiophene rings is 1. The van der Waals surface area contributed by atoms with Gasteiger partial charge in [-0.25, -0.2) is 4.99 Å². The number of allylic oxidation sites excluding steroid dienone is 1. The zero-order valence-corrected chi connectivity index (χ0v) is 6.52. The molecule has 1 aliphatic carbocycles. The Hall–Kier alpha value is -1.09. The first-order valence-corrected chi connectivity index (χ1v) is 4.30. The zero-order valence-electron chi connectivity index (χ0n) is 5.70. The smallest absolute Gasteiger partial charge is 0.180 e. The first-order chi connectivity index (χ1) is 5.45. The fourth-order valence-corrected chi connectivity index (χ4v) is 2.26. The maximum absolute atomic E-state index is 5.28. The molecule has 1 aromatic rings. The summed E-state index contributed by atoms with van der Waals surface area (Å²) in [6.45, 7) is 0.499. The van der Waals surface area contributed by atoms with Crippen LogP contribution in [0.3, 0.4) is 0 Å². The number of nitrogens with zero attached hydrogens (tertiary/aromatic N) is 1. The Bertz CT molecular complexity index is 375. The third kappa shape index (κ3) is 0.587. The lowest BCUT2D eigenvalue weighted by atomic mass is 10.3. The minimum absolute atomic E-state index is 0.499. The van der Waals surface area contributed by atoms with E-state index < -0.39 is 0 Å². The van der Waals surface area contributed by atoms with Crippen LogP contribution in [0.25, 0.3) is 6.08 Å². The number of fused-ring (bicyclic) bond motifs is 3. The highest BCUT2D eigenvalue weighted by molar-refractivity contribution is 7.12. The molecule has 0 atom stereocenters. The summed E-state index contributed by atoms with van der Waals surface area (Å²) in [7, 11) is 0. The van der Waals surface area contributed by atoms with Crippen molar-refractivity contribution in [2.45, 2.75) is 0 Å². The summed E-state index contributed by atoms with van der Waals surface area (Å²) in [6, 6.07) is 2.09. The molecule has 0 fully saturated rings. The van der Waals surface area contributed by atoms with Crippen LogP contribution in [-0.4, -0.2) is 12.4 Å². The van der Waals surface area contributed by atoms with Gasteiger partial charge in [0, 0.05) is 0 Å². The summed E-state index contributed by atoms with van der Waals surface area (Å²) in [5.41, 5.74) is 2.30. The number of aliphatic imine (C=N–C) groups is 1. The molecule has 0 N–H and O–H groups in total. The van der Waals surface area contributed by atoms with Gasteiger partial charge in [0.05, 0.1) is 4.88 Å². The summed E-state index contributed by atoms with van der Waals surface area (Å²) in [6.07, 6.45) is 2.05. The van der Waals surface area contributed by atoms with Crippen LogP contribution in [0.5, 0.6) is 0 Å². The van der Waals surface area contributed by atoms with E-state index in [1.165, 1.54) is 10.4 Å². The van der Waals surface area contributed by atoms with Gasteiger partial charge >= 0.3 is 0 Å². The van der Waals surface area contributed by atoms with E-state index in [1.807, 2.05) is 0 Å². The molecule has 3 rings (SSSR count). The molecule has 2 nitrogen and oxygen atoms in total. The van der Waals surface area contributed by atoms with Crippen molar-refractivity contribution in [3.63, 3.8) is 0 Å². The summed E-state index contributed by atoms with van der Waals surface area (Å²) >= 11 is 1.73. The molecule has 0 radical (unpaired) electrons. The Labute approximate surface area is 67.8 Å². The van der Waals surface area contributed by atoms with Crippen LogP contribution < -0.4 is 0 Å². The van der Waals surface area contributed by atoms with Gasteiger partial charge in [0.2, 0.25) is 0 Å². The molecule has 0 saturated heterocycles. The van der Waals surface area contributed by atoms with Gasteiger partial charge in [0.1, 0.15) is 11.5 Å². The van der Waals surface area contributed by atoms with Crippen molar-refractivity contribution in [3.8, 4) is 0 Å². The van der Waals surface area contributed by atoms with Gasteiger partial charge in [-0.2, -0.15) is 0 Å². The predicted octanol–water partition coefficient (Wildman–Crippen LogP) is 1.88. The van der Waals surface area contributed by atoms with Crippen molar-refractivity contribution in [2.24, 2.45) is 4.99 Å². The lowest BCUT2D eigenvalue weighted by molar-refractivity contribution is 0.265. The molecule has 1 aromatic heterocycles. The molecule has 3 heteroatoms. The molecule has 0 aromatic carbocycles. The average molecular weight is 163 g/mol. The van der Waals surface area contributed by atoms with Gasteiger partial charge < -0.3 is 4.74 Å². The lowest BCUT2D eigenvalue weighted by Crippen LogP contribution is -1.91. The molecule has 1 aliphatic heterocycles. The second-order valence-corrected chi connectivity index (χ2v) is 3.41. The molecule has 0 saturated carbocycles. The van der Waals surface area contributed by atoms with Gasteiger partial charge in [-0.05, 0) is 23.1 Å². The standard InChI is InChI=1S/C8H5NOS/c1-2-11-8-5(1)3-6-7(8)9-4-10-6/h1-3H,4H2. The summed E-state index contributed by atoms with van der Waals surface area (Å²) in [4.78, 5) is 5.51. The monoisotopic (exact) mass is 163 g/mol. The van der Waals surface area contributed by atoms with E-state index >= 15 is 0 Å². The van der Waals surface area contributed by atoms with Crippen molar-refractivity contribution in [1.29, 1.82) is 0 Å². The highest BCUT2D eigenvalue weighted by atomic mass is 32.1. The summed E-state index contributed by atoms with van der Waals surface area (Å²) in [5.74, 6) is 0.951. The highest BCUT2D eigenvalue weighted by Gasteiger charge is 2.26. The predicted molar refractivity (Wildman–Crippen MR) is 44.8 cm³/mol. The summed E-state index contributed by atoms with van der Waals surface area (Å²) < 4.78 is 5.28. The molecule has 2 heterocycles. The largest absolute Gasteiger partial charge is 0.469 e. The van der Waals surface area contributed by atoms with Gasteiger partial charge in [-0.15, -0.1) is 11.3 Å². The highest BCUT2D eigenvalue weighted by Crippen LogP contribution is 2.32. The second kappa shape index (κ2) is 1.74. The van der Waals surface area contributed by atoms with Crippen molar-refractivity contribution in [3.05, 3.63) is 27.6 Å².